The number of nitrogens with zero attached hydrogens (tertiary/aromatic N) is 4. The number of cyclic esters (lactones) is 1. The van der Waals surface area contributed by atoms with E-state index in [4.69, 9.17) is 4.74 Å². The SMILES string of the molecule is O=C1OC(c2ccccc2)Cc2cc(C(=O)N3CCN(c4ncc(F)cn4)CC3)ccc21. The van der Waals surface area contributed by atoms with Crippen LogP contribution in [0.15, 0.2) is 60.9 Å². The third kappa shape index (κ3) is 3.91. The van der Waals surface area contributed by atoms with Gasteiger partial charge in [0.15, 0.2) is 5.82 Å². The van der Waals surface area contributed by atoms with Gasteiger partial charge < -0.3 is 14.5 Å². The number of esters is 1. The highest BCUT2D eigenvalue weighted by molar-refractivity contribution is 5.98. The van der Waals surface area contributed by atoms with Crippen LogP contribution >= 0.6 is 0 Å². The molecule has 32 heavy (non-hydrogen) atoms. The summed E-state index contributed by atoms with van der Waals surface area (Å²) in [7, 11) is 0. The molecule has 2 aliphatic heterocycles. The van der Waals surface area contributed by atoms with E-state index in [1.165, 1.54) is 0 Å². The van der Waals surface area contributed by atoms with Crippen molar-refractivity contribution >= 4 is 17.8 Å². The highest BCUT2D eigenvalue weighted by Crippen LogP contribution is 2.31. The zero-order valence-corrected chi connectivity index (χ0v) is 17.3. The van der Waals surface area contributed by atoms with Gasteiger partial charge in [-0.1, -0.05) is 30.3 Å². The lowest BCUT2D eigenvalue weighted by Gasteiger charge is -2.35. The topological polar surface area (TPSA) is 75.6 Å². The maximum Gasteiger partial charge on any atom is 0.339 e. The van der Waals surface area contributed by atoms with Gasteiger partial charge in [-0.05, 0) is 29.3 Å². The van der Waals surface area contributed by atoms with Gasteiger partial charge in [0.05, 0.1) is 18.0 Å². The zero-order chi connectivity index (χ0) is 22.1. The average molecular weight is 432 g/mol. The number of fused-ring (bicyclic) bond motifs is 1. The number of benzene rings is 2. The minimum Gasteiger partial charge on any atom is -0.454 e. The maximum absolute atomic E-state index is 13.1. The molecule has 1 amide bonds. The van der Waals surface area contributed by atoms with Gasteiger partial charge in [-0.2, -0.15) is 0 Å². The number of hydrogen-bond acceptors (Lipinski definition) is 6. The van der Waals surface area contributed by atoms with E-state index in [0.29, 0.717) is 49.7 Å². The summed E-state index contributed by atoms with van der Waals surface area (Å²) >= 11 is 0. The van der Waals surface area contributed by atoms with Gasteiger partial charge in [-0.25, -0.2) is 19.2 Å². The van der Waals surface area contributed by atoms with Crippen LogP contribution in [-0.2, 0) is 11.2 Å². The molecule has 5 rings (SSSR count). The van der Waals surface area contributed by atoms with E-state index in [0.717, 1.165) is 23.5 Å². The Kier molecular flexibility index (Phi) is 5.26. The van der Waals surface area contributed by atoms with E-state index in [1.807, 2.05) is 41.3 Å². The fourth-order valence-corrected chi connectivity index (χ4v) is 4.14. The molecule has 3 aromatic rings. The van der Waals surface area contributed by atoms with Gasteiger partial charge in [0.1, 0.15) is 6.10 Å². The Morgan fingerprint density at radius 2 is 1.72 bits per heavy atom. The highest BCUT2D eigenvalue weighted by Gasteiger charge is 2.29. The van der Waals surface area contributed by atoms with Crippen LogP contribution in [0.4, 0.5) is 10.3 Å². The van der Waals surface area contributed by atoms with Crippen molar-refractivity contribution in [3.05, 3.63) is 89.0 Å². The number of halogens is 1. The molecule has 0 radical (unpaired) electrons. The molecule has 2 aromatic carbocycles. The fraction of sp³-hybridized carbons (Fsp3) is 0.250. The smallest absolute Gasteiger partial charge is 0.339 e. The maximum atomic E-state index is 13.1. The van der Waals surface area contributed by atoms with Crippen molar-refractivity contribution in [2.45, 2.75) is 12.5 Å². The first-order chi connectivity index (χ1) is 15.6. The number of ether oxygens (including phenoxy) is 1. The van der Waals surface area contributed by atoms with E-state index in [-0.39, 0.29) is 18.0 Å². The van der Waals surface area contributed by atoms with E-state index >= 15 is 0 Å². The van der Waals surface area contributed by atoms with Crippen molar-refractivity contribution in [2.24, 2.45) is 0 Å². The summed E-state index contributed by atoms with van der Waals surface area (Å²) in [5, 5.41) is 0. The number of piperazine rings is 1. The summed E-state index contributed by atoms with van der Waals surface area (Å²) in [5.41, 5.74) is 2.81. The number of rotatable bonds is 3. The van der Waals surface area contributed by atoms with Crippen molar-refractivity contribution in [3.8, 4) is 0 Å². The third-order valence-corrected chi connectivity index (χ3v) is 5.85. The molecule has 1 atom stereocenters. The lowest BCUT2D eigenvalue weighted by atomic mass is 9.93. The van der Waals surface area contributed by atoms with Crippen molar-refractivity contribution in [1.82, 2.24) is 14.9 Å². The first kappa shape index (κ1) is 20.1. The van der Waals surface area contributed by atoms with Gasteiger partial charge in [-0.3, -0.25) is 4.79 Å². The van der Waals surface area contributed by atoms with Gasteiger partial charge in [0.2, 0.25) is 5.95 Å². The van der Waals surface area contributed by atoms with Gasteiger partial charge >= 0.3 is 5.97 Å². The Hall–Kier alpha value is -3.81. The number of hydrogen-bond donors (Lipinski definition) is 0. The summed E-state index contributed by atoms with van der Waals surface area (Å²) in [6.45, 7) is 2.13. The van der Waals surface area contributed by atoms with Crippen molar-refractivity contribution < 1.29 is 18.7 Å². The molecule has 1 unspecified atom stereocenters. The molecule has 0 bridgehead atoms. The Labute approximate surface area is 184 Å². The van der Waals surface area contributed by atoms with Gasteiger partial charge in [0, 0.05) is 38.2 Å². The van der Waals surface area contributed by atoms with Gasteiger partial charge in [0.25, 0.3) is 5.91 Å². The number of carbonyl (C=O) groups excluding carboxylic acids is 2. The molecular weight excluding hydrogens is 411 g/mol. The molecule has 3 heterocycles. The quantitative estimate of drug-likeness (QED) is 0.593. The van der Waals surface area contributed by atoms with Crippen LogP contribution < -0.4 is 4.90 Å². The first-order valence-corrected chi connectivity index (χ1v) is 10.5. The molecule has 2 aliphatic rings. The molecule has 1 aromatic heterocycles. The van der Waals surface area contributed by atoms with E-state index in [9.17, 15) is 14.0 Å². The lowest BCUT2D eigenvalue weighted by molar-refractivity contribution is 0.0252. The summed E-state index contributed by atoms with van der Waals surface area (Å²) in [4.78, 5) is 37.3. The van der Waals surface area contributed by atoms with E-state index in [2.05, 4.69) is 9.97 Å². The second-order valence-electron chi connectivity index (χ2n) is 7.86. The van der Waals surface area contributed by atoms with Crippen molar-refractivity contribution in [3.63, 3.8) is 0 Å². The molecule has 0 N–H and O–H groups in total. The van der Waals surface area contributed by atoms with Crippen LogP contribution in [0.5, 0.6) is 0 Å². The van der Waals surface area contributed by atoms with E-state index in [1.54, 1.807) is 17.0 Å². The highest BCUT2D eigenvalue weighted by atomic mass is 19.1. The molecule has 7 nitrogen and oxygen atoms in total. The molecular formula is C24H21FN4O3. The Bertz CT molecular complexity index is 1150. The average Bonchev–Trinajstić information content (AvgIpc) is 2.84. The predicted molar refractivity (Wildman–Crippen MR) is 115 cm³/mol. The minimum absolute atomic E-state index is 0.0809. The van der Waals surface area contributed by atoms with E-state index < -0.39 is 5.82 Å². The van der Waals surface area contributed by atoms with Crippen LogP contribution in [0, 0.1) is 5.82 Å². The molecule has 0 saturated carbocycles. The Balaban J connectivity index is 1.29. The standard InChI is InChI=1S/C24H21FN4O3/c25-19-14-26-24(27-15-19)29-10-8-28(9-11-29)22(30)17-6-7-20-18(12-17)13-21(32-23(20)31)16-4-2-1-3-5-16/h1-7,12,14-15,21H,8-11,13H2. The lowest BCUT2D eigenvalue weighted by Crippen LogP contribution is -2.49. The van der Waals surface area contributed by atoms with Crippen LogP contribution in [-0.4, -0.2) is 52.9 Å². The van der Waals surface area contributed by atoms with Crippen LogP contribution in [0.25, 0.3) is 0 Å². The van der Waals surface area contributed by atoms with Crippen LogP contribution in [0.2, 0.25) is 0 Å². The summed E-state index contributed by atoms with van der Waals surface area (Å²) in [5.74, 6) is -0.471. The largest absolute Gasteiger partial charge is 0.454 e. The first-order valence-electron chi connectivity index (χ1n) is 10.5. The monoisotopic (exact) mass is 432 g/mol. The second kappa shape index (κ2) is 8.37. The number of anilines is 1. The normalized spacial score (nSPS) is 18.2. The number of aromatic nitrogens is 2. The Morgan fingerprint density at radius 1 is 1.00 bits per heavy atom. The minimum atomic E-state index is -0.478. The van der Waals surface area contributed by atoms with Gasteiger partial charge in [-0.15, -0.1) is 0 Å². The molecule has 8 heteroatoms. The zero-order valence-electron chi connectivity index (χ0n) is 17.3. The second-order valence-corrected chi connectivity index (χ2v) is 7.86. The fourth-order valence-electron chi connectivity index (χ4n) is 4.14. The molecule has 162 valence electrons. The summed E-state index contributed by atoms with van der Waals surface area (Å²) < 4.78 is 18.7. The van der Waals surface area contributed by atoms with Crippen molar-refractivity contribution in [1.29, 1.82) is 0 Å². The molecule has 0 spiro atoms. The number of carbonyl (C=O) groups is 2. The number of amides is 1. The summed E-state index contributed by atoms with van der Waals surface area (Å²) in [6, 6.07) is 14.8. The Morgan fingerprint density at radius 3 is 2.44 bits per heavy atom. The van der Waals surface area contributed by atoms with Crippen LogP contribution in [0.3, 0.4) is 0 Å². The predicted octanol–water partition coefficient (Wildman–Crippen LogP) is 3.03. The molecule has 1 saturated heterocycles. The van der Waals surface area contributed by atoms with Crippen LogP contribution in [0.1, 0.15) is 37.9 Å². The summed E-state index contributed by atoms with van der Waals surface area (Å²) in [6.07, 6.45) is 2.45. The van der Waals surface area contributed by atoms with Crippen molar-refractivity contribution in [2.75, 3.05) is 31.1 Å². The third-order valence-electron chi connectivity index (χ3n) is 5.85. The molecule has 0 aliphatic carbocycles. The molecule has 1 fully saturated rings.